The number of rotatable bonds is 3. The van der Waals surface area contributed by atoms with E-state index >= 15 is 0 Å². The van der Waals surface area contributed by atoms with Crippen molar-refractivity contribution >= 4 is 0 Å². The van der Waals surface area contributed by atoms with Crippen LogP contribution in [0.2, 0.25) is 0 Å². The highest BCUT2D eigenvalue weighted by Crippen LogP contribution is 1.88. The van der Waals surface area contributed by atoms with Gasteiger partial charge in [0, 0.05) is 0 Å². The van der Waals surface area contributed by atoms with Crippen LogP contribution in [0.15, 0.2) is 0 Å². The fourth-order valence-corrected chi connectivity index (χ4v) is 0.394. The molecule has 54 valence electrons. The van der Waals surface area contributed by atoms with E-state index < -0.39 is 0 Å². The predicted octanol–water partition coefficient (Wildman–Crippen LogP) is 1.46. The van der Waals surface area contributed by atoms with E-state index in [2.05, 4.69) is 6.92 Å². The van der Waals surface area contributed by atoms with Crippen LogP contribution >= 0.6 is 0 Å². The lowest BCUT2D eigenvalue weighted by atomic mass is 10.3. The van der Waals surface area contributed by atoms with Gasteiger partial charge in [0.1, 0.15) is 0 Å². The van der Waals surface area contributed by atoms with E-state index in [0.717, 1.165) is 6.54 Å². The van der Waals surface area contributed by atoms with E-state index in [4.69, 9.17) is 5.73 Å². The fraction of sp³-hybridized carbons (Fsp3) is 1.00. The van der Waals surface area contributed by atoms with Crippen LogP contribution in [0.25, 0.3) is 0 Å². The summed E-state index contributed by atoms with van der Waals surface area (Å²) in [5.74, 6) is 0. The van der Waals surface area contributed by atoms with Crippen LogP contribution in [0.3, 0.4) is 0 Å². The zero-order valence-corrected chi connectivity index (χ0v) is 5.82. The van der Waals surface area contributed by atoms with Gasteiger partial charge in [0.25, 0.3) is 0 Å². The van der Waals surface area contributed by atoms with Crippen molar-refractivity contribution in [3.8, 4) is 0 Å². The fourth-order valence-electron chi connectivity index (χ4n) is 0.394. The minimum absolute atomic E-state index is 0. The molecule has 8 N–H and O–H groups in total. The van der Waals surface area contributed by atoms with Gasteiger partial charge in [-0.15, -0.1) is 0 Å². The van der Waals surface area contributed by atoms with Crippen LogP contribution in [-0.2, 0) is 0 Å². The van der Waals surface area contributed by atoms with Crippen LogP contribution in [0, 0.1) is 0 Å². The lowest BCUT2D eigenvalue weighted by Crippen LogP contribution is -1.96. The second kappa shape index (κ2) is 15.8. The summed E-state index contributed by atoms with van der Waals surface area (Å²) in [6.45, 7) is 3.03. The highest BCUT2D eigenvalue weighted by molar-refractivity contribution is 4.34. The Bertz CT molecular complexity index is 19.6. The molecule has 0 aromatic carbocycles. The molecule has 0 spiro atoms. The highest BCUT2D eigenvalue weighted by atomic mass is 14.5. The lowest BCUT2D eigenvalue weighted by molar-refractivity contribution is 0.727. The average Bonchev–Trinajstić information content (AvgIpc) is 1.61. The Hall–Kier alpha value is -0.120. The maximum atomic E-state index is 5.21. The topological polar surface area (TPSA) is 96.0 Å². The normalized spacial score (nSPS) is 6.75. The van der Waals surface area contributed by atoms with E-state index in [0.29, 0.717) is 0 Å². The van der Waals surface area contributed by atoms with Crippen LogP contribution in [-0.4, -0.2) is 6.54 Å². The summed E-state index contributed by atoms with van der Waals surface area (Å²) in [6.07, 6.45) is 3.75. The number of unbranched alkanes of at least 4 members (excludes halogenated alkanes) is 2. The first-order valence-electron chi connectivity index (χ1n) is 2.62. The summed E-state index contributed by atoms with van der Waals surface area (Å²) in [5.41, 5.74) is 5.21. The maximum absolute atomic E-state index is 5.21. The second-order valence-electron chi connectivity index (χ2n) is 1.50. The van der Waals surface area contributed by atoms with Gasteiger partial charge in [-0.05, 0) is 13.0 Å². The van der Waals surface area contributed by atoms with E-state index in [1.54, 1.807) is 0 Å². The molecule has 0 bridgehead atoms. The molecule has 0 atom stereocenters. The van der Waals surface area contributed by atoms with Crippen molar-refractivity contribution in [3.05, 3.63) is 0 Å². The molecule has 0 saturated heterocycles. The molecule has 0 unspecified atom stereocenters. The van der Waals surface area contributed by atoms with Gasteiger partial charge in [0.2, 0.25) is 0 Å². The van der Waals surface area contributed by atoms with Crippen molar-refractivity contribution in [2.24, 2.45) is 5.73 Å². The molecule has 0 saturated carbocycles. The van der Waals surface area contributed by atoms with Crippen molar-refractivity contribution in [1.29, 1.82) is 0 Å². The van der Waals surface area contributed by atoms with Gasteiger partial charge in [-0.3, -0.25) is 0 Å². The van der Waals surface area contributed by atoms with Gasteiger partial charge in [-0.1, -0.05) is 19.8 Å². The molecular weight excluding hydrogens is 102 g/mol. The maximum Gasteiger partial charge on any atom is -0.00773 e. The Morgan fingerprint density at radius 2 is 1.62 bits per heavy atom. The zero-order chi connectivity index (χ0) is 4.83. The number of hydrogen-bond donors (Lipinski definition) is 3. The van der Waals surface area contributed by atoms with E-state index in [9.17, 15) is 0 Å². The molecule has 8 heavy (non-hydrogen) atoms. The van der Waals surface area contributed by atoms with Crippen molar-refractivity contribution < 1.29 is 0 Å². The SMILES string of the molecule is CCCCCN.N.N. The molecule has 0 aromatic rings. The monoisotopic (exact) mass is 121 g/mol. The average molecular weight is 121 g/mol. The van der Waals surface area contributed by atoms with Gasteiger partial charge in [-0.2, -0.15) is 0 Å². The summed E-state index contributed by atoms with van der Waals surface area (Å²) < 4.78 is 0. The van der Waals surface area contributed by atoms with Crippen molar-refractivity contribution in [1.82, 2.24) is 12.3 Å². The van der Waals surface area contributed by atoms with Crippen LogP contribution in [0.4, 0.5) is 0 Å². The molecule has 0 aliphatic heterocycles. The summed E-state index contributed by atoms with van der Waals surface area (Å²) in [7, 11) is 0. The third kappa shape index (κ3) is 16.9. The Balaban J connectivity index is -0.000000125. The molecule has 0 aliphatic rings. The van der Waals surface area contributed by atoms with Gasteiger partial charge in [0.15, 0.2) is 0 Å². The van der Waals surface area contributed by atoms with E-state index in [1.807, 2.05) is 0 Å². The summed E-state index contributed by atoms with van der Waals surface area (Å²) in [4.78, 5) is 0. The molecule has 0 aliphatic carbocycles. The van der Waals surface area contributed by atoms with E-state index in [1.165, 1.54) is 19.3 Å². The molecule has 0 radical (unpaired) electrons. The molecule has 0 heterocycles. The molecule has 0 aromatic heterocycles. The quantitative estimate of drug-likeness (QED) is 0.493. The van der Waals surface area contributed by atoms with Crippen LogP contribution in [0.5, 0.6) is 0 Å². The number of hydrogen-bond acceptors (Lipinski definition) is 3. The third-order valence-electron chi connectivity index (χ3n) is 0.808. The van der Waals surface area contributed by atoms with Crippen molar-refractivity contribution in [2.75, 3.05) is 6.54 Å². The lowest BCUT2D eigenvalue weighted by Gasteiger charge is -1.86. The molecule has 3 nitrogen and oxygen atoms in total. The summed E-state index contributed by atoms with van der Waals surface area (Å²) >= 11 is 0. The van der Waals surface area contributed by atoms with E-state index in [-0.39, 0.29) is 12.3 Å². The first-order valence-corrected chi connectivity index (χ1v) is 2.62. The van der Waals surface area contributed by atoms with Gasteiger partial charge < -0.3 is 18.0 Å². The van der Waals surface area contributed by atoms with Gasteiger partial charge >= 0.3 is 0 Å². The van der Waals surface area contributed by atoms with Crippen LogP contribution in [0.1, 0.15) is 26.2 Å². The molecule has 0 fully saturated rings. The van der Waals surface area contributed by atoms with Gasteiger partial charge in [0.05, 0.1) is 0 Å². The Labute approximate surface area is 51.8 Å². The minimum atomic E-state index is 0. The Morgan fingerprint density at radius 1 is 1.12 bits per heavy atom. The Morgan fingerprint density at radius 3 is 1.75 bits per heavy atom. The minimum Gasteiger partial charge on any atom is -0.344 e. The molecule has 0 amide bonds. The molecule has 3 heteroatoms. The highest BCUT2D eigenvalue weighted by Gasteiger charge is 1.75. The smallest absolute Gasteiger partial charge is 0.00773 e. The van der Waals surface area contributed by atoms with Crippen molar-refractivity contribution in [3.63, 3.8) is 0 Å². The molecular formula is C5H19N3. The largest absolute Gasteiger partial charge is 0.344 e. The predicted molar refractivity (Wildman–Crippen MR) is 38.6 cm³/mol. The third-order valence-corrected chi connectivity index (χ3v) is 0.808. The summed E-state index contributed by atoms with van der Waals surface area (Å²) in [5, 5.41) is 0. The zero-order valence-electron chi connectivity index (χ0n) is 5.82. The Kier molecular flexibility index (Phi) is 30.9. The summed E-state index contributed by atoms with van der Waals surface area (Å²) in [6, 6.07) is 0. The first kappa shape index (κ1) is 15.7. The standard InChI is InChI=1S/C5H13N.2H3N/c1-2-3-4-5-6;;/h2-6H2,1H3;2*1H3. The second-order valence-corrected chi connectivity index (χ2v) is 1.50. The van der Waals surface area contributed by atoms with Gasteiger partial charge in [-0.25, -0.2) is 0 Å². The number of nitrogens with two attached hydrogens (primary N) is 1. The van der Waals surface area contributed by atoms with Crippen molar-refractivity contribution in [2.45, 2.75) is 26.2 Å². The van der Waals surface area contributed by atoms with Crippen LogP contribution < -0.4 is 18.0 Å². The first-order chi connectivity index (χ1) is 2.91. The molecule has 0 rings (SSSR count).